The lowest BCUT2D eigenvalue weighted by Gasteiger charge is -2.40. The smallest absolute Gasteiger partial charge is 0.239 e. The van der Waals surface area contributed by atoms with Gasteiger partial charge in [-0.05, 0) is 35.6 Å². The molecule has 140 valence electrons. The largest absolute Gasteiger partial charge is 0.369 e. The topological polar surface area (TPSA) is 82.5 Å². The Morgan fingerprint density at radius 2 is 1.85 bits per heavy atom. The quantitative estimate of drug-likeness (QED) is 0.862. The van der Waals surface area contributed by atoms with Gasteiger partial charge in [-0.1, -0.05) is 45.0 Å². The second-order valence-electron chi connectivity index (χ2n) is 8.10. The first kappa shape index (κ1) is 19.1. The number of rotatable bonds is 2. The molecule has 0 bridgehead atoms. The van der Waals surface area contributed by atoms with Gasteiger partial charge in [-0.15, -0.1) is 11.3 Å². The van der Waals surface area contributed by atoms with E-state index in [9.17, 15) is 10.1 Å². The van der Waals surface area contributed by atoms with E-state index in [0.29, 0.717) is 4.88 Å². The Hall–Kier alpha value is -2.65. The van der Waals surface area contributed by atoms with Crippen molar-refractivity contribution in [2.45, 2.75) is 44.6 Å². The summed E-state index contributed by atoms with van der Waals surface area (Å²) in [4.78, 5) is 20.7. The van der Waals surface area contributed by atoms with Crippen LogP contribution in [0.25, 0.3) is 0 Å². The Bertz CT molecular complexity index is 946. The lowest BCUT2D eigenvalue weighted by Crippen LogP contribution is -2.52. The highest BCUT2D eigenvalue weighted by Gasteiger charge is 2.48. The molecule has 0 saturated carbocycles. The molecule has 5 nitrogen and oxygen atoms in total. The van der Waals surface area contributed by atoms with Gasteiger partial charge < -0.3 is 5.73 Å². The number of likely N-dealkylation sites (N-methyl/N-ethyl adjacent to an activating group) is 1. The predicted octanol–water partition coefficient (Wildman–Crippen LogP) is 3.70. The average molecular weight is 381 g/mol. The molecule has 0 spiro atoms. The standard InChI is InChI=1S/C21H24N4OS/c1-20(2,3)14-8-6-13(7-9-14)17-18(26)25(5)19(23)24-21(17,4)16-11-10-15(12-22)27-16/h6-11,17H,1-5H3,(H2,23,24)/t17-,21-/m1/s1. The lowest BCUT2D eigenvalue weighted by molar-refractivity contribution is -0.130. The van der Waals surface area contributed by atoms with E-state index in [1.807, 2.05) is 25.1 Å². The van der Waals surface area contributed by atoms with Crippen molar-refractivity contribution >= 4 is 23.2 Å². The third kappa shape index (κ3) is 3.24. The van der Waals surface area contributed by atoms with Gasteiger partial charge in [0.25, 0.3) is 0 Å². The maximum atomic E-state index is 13.2. The summed E-state index contributed by atoms with van der Waals surface area (Å²) < 4.78 is 0. The SMILES string of the molecule is CN1C(=O)[C@@H](c2ccc(C(C)(C)C)cc2)[C@@](C)(c2ccc(C#N)s2)N=C1N. The summed E-state index contributed by atoms with van der Waals surface area (Å²) in [7, 11) is 1.65. The maximum Gasteiger partial charge on any atom is 0.239 e. The van der Waals surface area contributed by atoms with Gasteiger partial charge >= 0.3 is 0 Å². The number of nitriles is 1. The van der Waals surface area contributed by atoms with Crippen LogP contribution in [-0.4, -0.2) is 23.8 Å². The molecule has 0 saturated heterocycles. The highest BCUT2D eigenvalue weighted by molar-refractivity contribution is 7.12. The van der Waals surface area contributed by atoms with Crippen molar-refractivity contribution in [1.82, 2.24) is 4.90 Å². The van der Waals surface area contributed by atoms with Crippen molar-refractivity contribution in [1.29, 1.82) is 5.26 Å². The van der Waals surface area contributed by atoms with Crippen LogP contribution in [0.3, 0.4) is 0 Å². The number of nitrogens with zero attached hydrogens (tertiary/aromatic N) is 3. The fraction of sp³-hybridized carbons (Fsp3) is 0.381. The molecule has 2 heterocycles. The van der Waals surface area contributed by atoms with Crippen molar-refractivity contribution in [3.8, 4) is 6.07 Å². The van der Waals surface area contributed by atoms with Crippen LogP contribution in [0.4, 0.5) is 0 Å². The van der Waals surface area contributed by atoms with Crippen LogP contribution in [0.1, 0.15) is 54.5 Å². The molecule has 2 N–H and O–H groups in total. The molecule has 1 aromatic carbocycles. The first-order chi connectivity index (χ1) is 12.6. The van der Waals surface area contributed by atoms with Gasteiger partial charge in [-0.3, -0.25) is 9.69 Å². The van der Waals surface area contributed by atoms with Crippen LogP contribution >= 0.6 is 11.3 Å². The molecular weight excluding hydrogens is 356 g/mol. The zero-order chi connectivity index (χ0) is 20.0. The molecule has 0 fully saturated rings. The number of guanidine groups is 1. The van der Waals surface area contributed by atoms with E-state index in [4.69, 9.17) is 10.7 Å². The Morgan fingerprint density at radius 1 is 1.22 bits per heavy atom. The Kier molecular flexibility index (Phi) is 4.61. The summed E-state index contributed by atoms with van der Waals surface area (Å²) in [5.41, 5.74) is 7.32. The molecule has 1 amide bonds. The average Bonchev–Trinajstić information content (AvgIpc) is 3.09. The van der Waals surface area contributed by atoms with E-state index in [0.717, 1.165) is 10.4 Å². The van der Waals surface area contributed by atoms with E-state index >= 15 is 0 Å². The van der Waals surface area contributed by atoms with Crippen molar-refractivity contribution in [3.63, 3.8) is 0 Å². The lowest BCUT2D eigenvalue weighted by atomic mass is 9.76. The Morgan fingerprint density at radius 3 is 2.37 bits per heavy atom. The monoisotopic (exact) mass is 380 g/mol. The fourth-order valence-corrected chi connectivity index (χ4v) is 4.36. The number of hydrogen-bond donors (Lipinski definition) is 1. The van der Waals surface area contributed by atoms with Gasteiger partial charge in [-0.25, -0.2) is 4.99 Å². The molecule has 0 unspecified atom stereocenters. The van der Waals surface area contributed by atoms with Gasteiger partial charge in [0.2, 0.25) is 5.91 Å². The third-order valence-electron chi connectivity index (χ3n) is 5.16. The molecule has 1 aliphatic heterocycles. The van der Waals surface area contributed by atoms with Gasteiger partial charge in [-0.2, -0.15) is 5.26 Å². The number of amides is 1. The summed E-state index contributed by atoms with van der Waals surface area (Å²) in [5.74, 6) is -0.411. The predicted molar refractivity (Wildman–Crippen MR) is 109 cm³/mol. The normalized spacial score (nSPS) is 23.1. The van der Waals surface area contributed by atoms with Gasteiger partial charge in [0, 0.05) is 11.9 Å². The maximum absolute atomic E-state index is 13.2. The summed E-state index contributed by atoms with van der Waals surface area (Å²) in [6, 6.07) is 13.9. The number of carbonyl (C=O) groups is 1. The number of aliphatic imine (C=N–C) groups is 1. The molecule has 1 aliphatic rings. The molecule has 0 radical (unpaired) electrons. The van der Waals surface area contributed by atoms with Crippen molar-refractivity contribution in [2.24, 2.45) is 10.7 Å². The van der Waals surface area contributed by atoms with Gasteiger partial charge in [0.15, 0.2) is 5.96 Å². The van der Waals surface area contributed by atoms with E-state index in [-0.39, 0.29) is 17.3 Å². The fourth-order valence-electron chi connectivity index (χ4n) is 3.43. The van der Waals surface area contributed by atoms with Crippen LogP contribution in [0.15, 0.2) is 41.4 Å². The number of hydrogen-bond acceptors (Lipinski definition) is 5. The summed E-state index contributed by atoms with van der Waals surface area (Å²) in [6.07, 6.45) is 0. The Balaban J connectivity index is 2.15. The number of carbonyl (C=O) groups excluding carboxylic acids is 1. The van der Waals surface area contributed by atoms with E-state index in [1.165, 1.54) is 21.8 Å². The van der Waals surface area contributed by atoms with E-state index < -0.39 is 11.5 Å². The molecule has 2 aromatic rings. The second kappa shape index (κ2) is 6.50. The van der Waals surface area contributed by atoms with Crippen molar-refractivity contribution in [3.05, 3.63) is 57.3 Å². The minimum absolute atomic E-state index is 0.0349. The van der Waals surface area contributed by atoms with Crippen molar-refractivity contribution < 1.29 is 4.79 Å². The highest BCUT2D eigenvalue weighted by Crippen LogP contribution is 2.46. The number of nitrogens with two attached hydrogens (primary N) is 1. The number of thiophene rings is 1. The van der Waals surface area contributed by atoms with Crippen LogP contribution in [0.2, 0.25) is 0 Å². The molecule has 3 rings (SSSR count). The van der Waals surface area contributed by atoms with Gasteiger partial charge in [0.1, 0.15) is 16.5 Å². The van der Waals surface area contributed by atoms with Crippen molar-refractivity contribution in [2.75, 3.05) is 7.05 Å². The van der Waals surface area contributed by atoms with Crippen LogP contribution in [0.5, 0.6) is 0 Å². The van der Waals surface area contributed by atoms with Crippen LogP contribution < -0.4 is 5.73 Å². The van der Waals surface area contributed by atoms with Gasteiger partial charge in [0.05, 0.1) is 5.92 Å². The zero-order valence-electron chi connectivity index (χ0n) is 16.3. The molecular formula is C21H24N4OS. The summed E-state index contributed by atoms with van der Waals surface area (Å²) in [5, 5.41) is 9.19. The first-order valence-corrected chi connectivity index (χ1v) is 9.63. The molecule has 0 aliphatic carbocycles. The molecule has 1 aromatic heterocycles. The molecule has 2 atom stereocenters. The zero-order valence-corrected chi connectivity index (χ0v) is 17.1. The first-order valence-electron chi connectivity index (χ1n) is 8.81. The highest BCUT2D eigenvalue weighted by atomic mass is 32.1. The third-order valence-corrected chi connectivity index (χ3v) is 6.37. The molecule has 27 heavy (non-hydrogen) atoms. The minimum Gasteiger partial charge on any atom is -0.369 e. The Labute approximate surface area is 164 Å². The van der Waals surface area contributed by atoms with E-state index in [2.05, 4.69) is 39.0 Å². The second-order valence-corrected chi connectivity index (χ2v) is 9.18. The van der Waals surface area contributed by atoms with Crippen LogP contribution in [0, 0.1) is 11.3 Å². The summed E-state index contributed by atoms with van der Waals surface area (Å²) in [6.45, 7) is 8.39. The van der Waals surface area contributed by atoms with E-state index in [1.54, 1.807) is 13.1 Å². The minimum atomic E-state index is -0.851. The molecule has 6 heteroatoms. The number of benzene rings is 1. The van der Waals surface area contributed by atoms with Crippen LogP contribution in [-0.2, 0) is 15.7 Å². The summed E-state index contributed by atoms with van der Waals surface area (Å²) >= 11 is 1.35.